The Morgan fingerprint density at radius 2 is 1.35 bits per heavy atom. The van der Waals surface area contributed by atoms with Crippen molar-refractivity contribution in [3.63, 3.8) is 0 Å². The second-order valence-electron chi connectivity index (χ2n) is 12.4. The number of imide groups is 1. The molecule has 1 heterocycles. The van der Waals surface area contributed by atoms with E-state index in [0.29, 0.717) is 5.01 Å². The van der Waals surface area contributed by atoms with Crippen molar-refractivity contribution in [2.45, 2.75) is 85.5 Å². The Kier molecular flexibility index (Phi) is 10.9. The van der Waals surface area contributed by atoms with Crippen molar-refractivity contribution < 1.29 is 43.3 Å². The molecule has 0 atom stereocenters. The third kappa shape index (κ3) is 10.5. The summed E-state index contributed by atoms with van der Waals surface area (Å²) in [5.41, 5.74) is -2.59. The van der Waals surface area contributed by atoms with Gasteiger partial charge in [0.15, 0.2) is 0 Å². The number of carbonyl (C=O) groups is 5. The number of nitrogens with zero attached hydrogens (tertiary/aromatic N) is 4. The van der Waals surface area contributed by atoms with Gasteiger partial charge in [-0.05, 0) is 93.1 Å². The highest BCUT2D eigenvalue weighted by Crippen LogP contribution is 2.24. The molecule has 5 amide bonds. The first-order valence-electron chi connectivity index (χ1n) is 13.4. The quantitative estimate of drug-likeness (QED) is 0.153. The third-order valence-electron chi connectivity index (χ3n) is 5.06. The van der Waals surface area contributed by atoms with E-state index in [1.54, 1.807) is 74.4 Å². The number of thiocarbonyl (C=S) groups is 1. The van der Waals surface area contributed by atoms with E-state index in [1.165, 1.54) is 12.1 Å². The van der Waals surface area contributed by atoms with E-state index in [4.69, 9.17) is 26.4 Å². The lowest BCUT2D eigenvalue weighted by atomic mass is 10.1. The van der Waals surface area contributed by atoms with Gasteiger partial charge in [0.25, 0.3) is 17.0 Å². The van der Waals surface area contributed by atoms with E-state index < -0.39 is 58.0 Å². The van der Waals surface area contributed by atoms with Crippen molar-refractivity contribution in [2.24, 2.45) is 4.99 Å². The van der Waals surface area contributed by atoms with Crippen molar-refractivity contribution in [1.82, 2.24) is 20.2 Å². The molecular formula is C28H39N5O9S. The topological polar surface area (TPSA) is 167 Å². The summed E-state index contributed by atoms with van der Waals surface area (Å²) in [4.78, 5) is 69.3. The van der Waals surface area contributed by atoms with Crippen LogP contribution in [0.4, 0.5) is 14.4 Å². The maximum Gasteiger partial charge on any atom is 0.437 e. The van der Waals surface area contributed by atoms with Crippen molar-refractivity contribution in [3.05, 3.63) is 35.4 Å². The van der Waals surface area contributed by atoms with Gasteiger partial charge in [0.05, 0.1) is 11.1 Å². The Bertz CT molecular complexity index is 1270. The highest BCUT2D eigenvalue weighted by atomic mass is 32.1. The number of guanidine groups is 1. The fourth-order valence-corrected chi connectivity index (χ4v) is 3.75. The fraction of sp³-hybridized carbons (Fsp3) is 0.536. The Labute approximate surface area is 255 Å². The van der Waals surface area contributed by atoms with E-state index in [1.807, 2.05) is 0 Å². The number of hydrogen-bond donors (Lipinski definition) is 2. The average molecular weight is 622 g/mol. The van der Waals surface area contributed by atoms with Crippen LogP contribution in [0.5, 0.6) is 0 Å². The van der Waals surface area contributed by atoms with Gasteiger partial charge in [-0.3, -0.25) is 14.9 Å². The van der Waals surface area contributed by atoms with Gasteiger partial charge in [0, 0.05) is 13.1 Å². The van der Waals surface area contributed by atoms with Crippen LogP contribution in [0.15, 0.2) is 29.3 Å². The van der Waals surface area contributed by atoms with Crippen LogP contribution in [0.3, 0.4) is 0 Å². The van der Waals surface area contributed by atoms with Gasteiger partial charge >= 0.3 is 18.3 Å². The first kappa shape index (κ1) is 34.9. The molecule has 2 N–H and O–H groups in total. The minimum absolute atomic E-state index is 0.0727. The molecule has 14 nitrogen and oxygen atoms in total. The number of hydrogen-bond acceptors (Lipinski definition) is 9. The highest BCUT2D eigenvalue weighted by molar-refractivity contribution is 7.79. The summed E-state index contributed by atoms with van der Waals surface area (Å²) < 4.78 is 16.0. The van der Waals surface area contributed by atoms with Crippen LogP contribution in [0.1, 0.15) is 89.5 Å². The molecule has 0 aromatic heterocycles. The second-order valence-corrected chi connectivity index (χ2v) is 12.8. The molecule has 0 saturated carbocycles. The number of ether oxygens (including phenoxy) is 3. The number of aliphatic hydroxyl groups excluding tert-OH is 1. The lowest BCUT2D eigenvalue weighted by Crippen LogP contribution is -2.52. The smallest absolute Gasteiger partial charge is 0.437 e. The number of fused-ring (bicyclic) bond motifs is 1. The van der Waals surface area contributed by atoms with Crippen molar-refractivity contribution >= 4 is 53.4 Å². The predicted molar refractivity (Wildman–Crippen MR) is 159 cm³/mol. The number of aliphatic hydroxyl groups is 1. The lowest BCUT2D eigenvalue weighted by molar-refractivity contribution is 0.0212. The normalized spacial score (nSPS) is 13.7. The largest absolute Gasteiger partial charge is 0.485 e. The summed E-state index contributed by atoms with van der Waals surface area (Å²) in [6, 6.07) is 6.13. The first-order chi connectivity index (χ1) is 19.6. The fourth-order valence-electron chi connectivity index (χ4n) is 3.58. The van der Waals surface area contributed by atoms with Crippen LogP contribution in [-0.2, 0) is 14.2 Å². The van der Waals surface area contributed by atoms with Gasteiger partial charge in [0.2, 0.25) is 5.96 Å². The summed E-state index contributed by atoms with van der Waals surface area (Å²) in [5.74, 6) is -1.95. The monoisotopic (exact) mass is 621 g/mol. The number of amides is 5. The van der Waals surface area contributed by atoms with E-state index in [2.05, 4.69) is 10.3 Å². The van der Waals surface area contributed by atoms with E-state index in [9.17, 15) is 29.1 Å². The number of carbonyl (C=O) groups excluding carboxylic acids is 5. The Balaban J connectivity index is 2.41. The standard InChI is InChI=1S/C28H39N5O9S/c1-26(2,3)40-22(36)29-21(30-23(37)41-27(4,5)6)31(24(38)42-28(7,8)9)15-12-16-32(25(39)43)33-19(34)17-13-10-11-14-18(17)20(33)35/h10-11,13-14H,12,15-16H2,1-9H3,(H,39,43)(H,29,30,36,37). The first-order valence-corrected chi connectivity index (χ1v) is 13.8. The molecule has 15 heteroatoms. The van der Waals surface area contributed by atoms with Gasteiger partial charge in [-0.15, -0.1) is 4.99 Å². The van der Waals surface area contributed by atoms with Gasteiger partial charge < -0.3 is 19.3 Å². The Hall–Kier alpha value is -4.27. The van der Waals surface area contributed by atoms with Crippen molar-refractivity contribution in [1.29, 1.82) is 0 Å². The third-order valence-corrected chi connectivity index (χ3v) is 5.27. The molecule has 2 rings (SSSR count). The maximum absolute atomic E-state index is 13.3. The van der Waals surface area contributed by atoms with Crippen LogP contribution < -0.4 is 5.32 Å². The number of rotatable bonds is 5. The van der Waals surface area contributed by atoms with Gasteiger partial charge in [-0.2, -0.15) is 5.01 Å². The van der Waals surface area contributed by atoms with Crippen molar-refractivity contribution in [2.75, 3.05) is 13.1 Å². The summed E-state index contributed by atoms with van der Waals surface area (Å²) >= 11 is 4.91. The maximum atomic E-state index is 13.3. The molecule has 0 aliphatic carbocycles. The van der Waals surface area contributed by atoms with Crippen LogP contribution in [-0.4, -0.2) is 91.1 Å². The van der Waals surface area contributed by atoms with Crippen molar-refractivity contribution in [3.8, 4) is 0 Å². The number of aliphatic imine (C=N–C) groups is 1. The summed E-state index contributed by atoms with van der Waals surface area (Å²) in [5, 5.41) is 13.4. The van der Waals surface area contributed by atoms with E-state index >= 15 is 0 Å². The average Bonchev–Trinajstić information content (AvgIpc) is 3.05. The summed E-state index contributed by atoms with van der Waals surface area (Å²) in [6.45, 7) is 14.0. The molecule has 0 bridgehead atoms. The molecule has 0 spiro atoms. The SMILES string of the molecule is CC(C)(C)OC(=O)N=C(NC(=O)OC(C)(C)C)N(CCCN(C(O)=S)N1C(=O)c2ccccc2C1=O)C(=O)OC(C)(C)C. The molecule has 1 aliphatic heterocycles. The van der Waals surface area contributed by atoms with Gasteiger partial charge in [0.1, 0.15) is 16.8 Å². The molecule has 0 radical (unpaired) electrons. The molecule has 236 valence electrons. The summed E-state index contributed by atoms with van der Waals surface area (Å²) in [6.07, 6.45) is -3.20. The van der Waals surface area contributed by atoms with E-state index in [-0.39, 0.29) is 30.6 Å². The zero-order valence-corrected chi connectivity index (χ0v) is 26.7. The minimum Gasteiger partial charge on any atom is -0.485 e. The minimum atomic E-state index is -1.11. The van der Waals surface area contributed by atoms with Crippen LogP contribution in [0, 0.1) is 0 Å². The number of alkyl carbamates (subject to hydrolysis) is 1. The van der Waals surface area contributed by atoms with Crippen LogP contribution >= 0.6 is 12.2 Å². The van der Waals surface area contributed by atoms with Crippen LogP contribution in [0.2, 0.25) is 0 Å². The Morgan fingerprint density at radius 1 is 0.860 bits per heavy atom. The predicted octanol–water partition coefficient (Wildman–Crippen LogP) is 4.79. The molecule has 43 heavy (non-hydrogen) atoms. The zero-order valence-electron chi connectivity index (χ0n) is 25.8. The van der Waals surface area contributed by atoms with Gasteiger partial charge in [-0.25, -0.2) is 24.3 Å². The molecule has 1 aliphatic rings. The van der Waals surface area contributed by atoms with Crippen LogP contribution in [0.25, 0.3) is 0 Å². The molecular weight excluding hydrogens is 582 g/mol. The lowest BCUT2D eigenvalue weighted by Gasteiger charge is -2.31. The molecule has 1 aromatic carbocycles. The highest BCUT2D eigenvalue weighted by Gasteiger charge is 2.40. The molecule has 0 saturated heterocycles. The number of hydrazine groups is 1. The zero-order chi connectivity index (χ0) is 32.9. The second kappa shape index (κ2) is 13.4. The summed E-state index contributed by atoms with van der Waals surface area (Å²) in [7, 11) is 0. The number of benzene rings is 1. The Morgan fingerprint density at radius 3 is 1.79 bits per heavy atom. The molecule has 0 fully saturated rings. The van der Waals surface area contributed by atoms with E-state index in [0.717, 1.165) is 9.91 Å². The number of nitrogens with one attached hydrogen (secondary N) is 1. The molecule has 0 unspecified atom stereocenters. The van der Waals surface area contributed by atoms with Gasteiger partial charge in [-0.1, -0.05) is 12.1 Å². The molecule has 1 aromatic rings.